The lowest BCUT2D eigenvalue weighted by molar-refractivity contribution is -0.114. The van der Waals surface area contributed by atoms with E-state index < -0.39 is 6.04 Å². The summed E-state index contributed by atoms with van der Waals surface area (Å²) in [4.78, 5) is 28.9. The molecule has 2 rings (SSSR count). The number of carbonyl (C=O) groups is 2. The van der Waals surface area contributed by atoms with Gasteiger partial charge in [0, 0.05) is 24.9 Å². The zero-order chi connectivity index (χ0) is 16.3. The summed E-state index contributed by atoms with van der Waals surface area (Å²) in [7, 11) is 1.59. The minimum Gasteiger partial charge on any atom is -0.333 e. The number of amides is 2. The summed E-state index contributed by atoms with van der Waals surface area (Å²) in [6.45, 7) is 3.12. The van der Waals surface area contributed by atoms with Gasteiger partial charge in [0.1, 0.15) is 11.5 Å². The number of nitrogens with one attached hydrogen (secondary N) is 1. The Morgan fingerprint density at radius 1 is 1.36 bits per heavy atom. The molecular formula is C15H16FN3O2S. The molecule has 1 aromatic heterocycles. The fraction of sp³-hybridized carbons (Fsp3) is 0.267. The third-order valence-electron chi connectivity index (χ3n) is 3.26. The number of carbonyl (C=O) groups excluding carboxylic acids is 2. The summed E-state index contributed by atoms with van der Waals surface area (Å²) < 4.78 is 13.8. The van der Waals surface area contributed by atoms with Crippen LogP contribution in [-0.2, 0) is 4.79 Å². The molecule has 22 heavy (non-hydrogen) atoms. The molecule has 1 unspecified atom stereocenters. The molecule has 0 bridgehead atoms. The van der Waals surface area contributed by atoms with Crippen molar-refractivity contribution >= 4 is 28.3 Å². The minimum absolute atomic E-state index is 0.222. The molecule has 0 radical (unpaired) electrons. The van der Waals surface area contributed by atoms with Gasteiger partial charge in [0.05, 0.1) is 6.04 Å². The summed E-state index contributed by atoms with van der Waals surface area (Å²) >= 11 is 1.17. The van der Waals surface area contributed by atoms with Gasteiger partial charge in [0.2, 0.25) is 5.91 Å². The number of benzene rings is 1. The first-order valence-corrected chi connectivity index (χ1v) is 7.52. The van der Waals surface area contributed by atoms with Crippen LogP contribution in [0.3, 0.4) is 0 Å². The maximum Gasteiger partial charge on any atom is 0.273 e. The smallest absolute Gasteiger partial charge is 0.273 e. The Bertz CT molecular complexity index is 702. The van der Waals surface area contributed by atoms with Gasteiger partial charge in [-0.25, -0.2) is 9.37 Å². The fourth-order valence-electron chi connectivity index (χ4n) is 1.96. The number of anilines is 1. The Morgan fingerprint density at radius 3 is 2.68 bits per heavy atom. The van der Waals surface area contributed by atoms with E-state index in [0.717, 1.165) is 0 Å². The van der Waals surface area contributed by atoms with Gasteiger partial charge in [-0.05, 0) is 13.0 Å². The summed E-state index contributed by atoms with van der Waals surface area (Å²) in [6, 6.07) is 5.91. The van der Waals surface area contributed by atoms with Crippen LogP contribution in [0.15, 0.2) is 29.6 Å². The molecule has 0 saturated heterocycles. The Morgan fingerprint density at radius 2 is 2.05 bits per heavy atom. The van der Waals surface area contributed by atoms with Gasteiger partial charge in [-0.1, -0.05) is 18.2 Å². The fourth-order valence-corrected chi connectivity index (χ4v) is 2.69. The zero-order valence-corrected chi connectivity index (χ0v) is 13.3. The highest BCUT2D eigenvalue weighted by molar-refractivity contribution is 7.14. The Balaban J connectivity index is 2.16. The van der Waals surface area contributed by atoms with Crippen molar-refractivity contribution in [3.8, 4) is 0 Å². The molecule has 1 N–H and O–H groups in total. The molecule has 0 aliphatic rings. The van der Waals surface area contributed by atoms with Gasteiger partial charge in [-0.15, -0.1) is 11.3 Å². The average molecular weight is 321 g/mol. The molecule has 0 saturated carbocycles. The SMILES string of the molecule is CC(=O)Nc1nc(C(=O)N(C)C(C)c2ccccc2F)cs1. The first-order valence-electron chi connectivity index (χ1n) is 6.65. The number of nitrogens with zero attached hydrogens (tertiary/aromatic N) is 2. The first-order chi connectivity index (χ1) is 10.4. The third-order valence-corrected chi connectivity index (χ3v) is 4.02. The van der Waals surface area contributed by atoms with Gasteiger partial charge in [0.25, 0.3) is 5.91 Å². The molecular weight excluding hydrogens is 305 g/mol. The zero-order valence-electron chi connectivity index (χ0n) is 12.5. The van der Waals surface area contributed by atoms with Crippen LogP contribution >= 0.6 is 11.3 Å². The van der Waals surface area contributed by atoms with E-state index in [1.165, 1.54) is 29.2 Å². The monoisotopic (exact) mass is 321 g/mol. The van der Waals surface area contributed by atoms with Crippen LogP contribution in [0.5, 0.6) is 0 Å². The van der Waals surface area contributed by atoms with Crippen molar-refractivity contribution in [3.05, 3.63) is 46.7 Å². The quantitative estimate of drug-likeness (QED) is 0.941. The van der Waals surface area contributed by atoms with Crippen molar-refractivity contribution < 1.29 is 14.0 Å². The summed E-state index contributed by atoms with van der Waals surface area (Å²) in [6.07, 6.45) is 0. The highest BCUT2D eigenvalue weighted by atomic mass is 32.1. The molecule has 0 spiro atoms. The highest BCUT2D eigenvalue weighted by Gasteiger charge is 2.23. The molecule has 0 aliphatic carbocycles. The van der Waals surface area contributed by atoms with Crippen LogP contribution in [0.25, 0.3) is 0 Å². The van der Waals surface area contributed by atoms with Crippen molar-refractivity contribution in [1.82, 2.24) is 9.88 Å². The van der Waals surface area contributed by atoms with E-state index in [1.807, 2.05) is 0 Å². The predicted molar refractivity (Wildman–Crippen MR) is 83.3 cm³/mol. The molecule has 1 atom stereocenters. The lowest BCUT2D eigenvalue weighted by Gasteiger charge is -2.24. The number of halogens is 1. The summed E-state index contributed by atoms with van der Waals surface area (Å²) in [5, 5.41) is 4.46. The van der Waals surface area contributed by atoms with Crippen molar-refractivity contribution in [2.24, 2.45) is 0 Å². The first kappa shape index (κ1) is 16.1. The number of aromatic nitrogens is 1. The third kappa shape index (κ3) is 3.48. The number of hydrogen-bond donors (Lipinski definition) is 1. The van der Waals surface area contributed by atoms with Crippen molar-refractivity contribution in [2.75, 3.05) is 12.4 Å². The van der Waals surface area contributed by atoms with Gasteiger partial charge in [-0.2, -0.15) is 0 Å². The van der Waals surface area contributed by atoms with Crippen molar-refractivity contribution in [1.29, 1.82) is 0 Å². The van der Waals surface area contributed by atoms with E-state index in [1.54, 1.807) is 37.6 Å². The van der Waals surface area contributed by atoms with Gasteiger partial charge >= 0.3 is 0 Å². The van der Waals surface area contributed by atoms with Crippen molar-refractivity contribution in [3.63, 3.8) is 0 Å². The molecule has 116 valence electrons. The Kier molecular flexibility index (Phi) is 4.87. The Hall–Kier alpha value is -2.28. The predicted octanol–water partition coefficient (Wildman–Crippen LogP) is 3.07. The topological polar surface area (TPSA) is 62.3 Å². The normalized spacial score (nSPS) is 11.8. The number of thiazole rings is 1. The van der Waals surface area contributed by atoms with E-state index in [2.05, 4.69) is 10.3 Å². The van der Waals surface area contributed by atoms with Crippen LogP contribution in [0.4, 0.5) is 9.52 Å². The Labute approximate surface area is 131 Å². The highest BCUT2D eigenvalue weighted by Crippen LogP contribution is 2.24. The van der Waals surface area contributed by atoms with E-state index in [-0.39, 0.29) is 23.3 Å². The molecule has 0 fully saturated rings. The van der Waals surface area contributed by atoms with Crippen LogP contribution in [0.1, 0.15) is 35.9 Å². The van der Waals surface area contributed by atoms with E-state index in [0.29, 0.717) is 10.7 Å². The average Bonchev–Trinajstić information content (AvgIpc) is 2.93. The van der Waals surface area contributed by atoms with Crippen LogP contribution in [-0.4, -0.2) is 28.7 Å². The molecule has 2 amide bonds. The molecule has 1 heterocycles. The van der Waals surface area contributed by atoms with Crippen LogP contribution in [0, 0.1) is 5.82 Å². The largest absolute Gasteiger partial charge is 0.333 e. The molecule has 7 heteroatoms. The summed E-state index contributed by atoms with van der Waals surface area (Å²) in [5.41, 5.74) is 0.662. The minimum atomic E-state index is -0.431. The van der Waals surface area contributed by atoms with Crippen molar-refractivity contribution in [2.45, 2.75) is 19.9 Å². The second kappa shape index (κ2) is 6.65. The number of rotatable bonds is 4. The summed E-state index contributed by atoms with van der Waals surface area (Å²) in [5.74, 6) is -0.933. The lowest BCUT2D eigenvalue weighted by atomic mass is 10.1. The van der Waals surface area contributed by atoms with Crippen LogP contribution in [0.2, 0.25) is 0 Å². The van der Waals surface area contributed by atoms with Gasteiger partial charge in [0.15, 0.2) is 5.13 Å². The molecule has 5 nitrogen and oxygen atoms in total. The van der Waals surface area contributed by atoms with E-state index in [9.17, 15) is 14.0 Å². The molecule has 2 aromatic rings. The molecule has 1 aromatic carbocycles. The maximum atomic E-state index is 13.8. The number of hydrogen-bond acceptors (Lipinski definition) is 4. The second-order valence-corrected chi connectivity index (χ2v) is 5.69. The van der Waals surface area contributed by atoms with Crippen LogP contribution < -0.4 is 5.32 Å². The molecule has 0 aliphatic heterocycles. The lowest BCUT2D eigenvalue weighted by Crippen LogP contribution is -2.30. The van der Waals surface area contributed by atoms with Gasteiger partial charge in [-0.3, -0.25) is 9.59 Å². The second-order valence-electron chi connectivity index (χ2n) is 4.83. The van der Waals surface area contributed by atoms with E-state index in [4.69, 9.17) is 0 Å². The standard InChI is InChI=1S/C15H16FN3O2S/c1-9(11-6-4-5-7-12(11)16)19(3)14(21)13-8-22-15(18-13)17-10(2)20/h4-9H,1-3H3,(H,17,18,20). The maximum absolute atomic E-state index is 13.8. The van der Waals surface area contributed by atoms with E-state index >= 15 is 0 Å². The van der Waals surface area contributed by atoms with Gasteiger partial charge < -0.3 is 10.2 Å².